The molecule has 3 rings (SSSR count). The van der Waals surface area contributed by atoms with Crippen LogP contribution in [0.25, 0.3) is 0 Å². The molecular formula is C23H31BO5. The Balaban J connectivity index is 1.84. The van der Waals surface area contributed by atoms with Crippen LogP contribution < -0.4 is 10.2 Å². The van der Waals surface area contributed by atoms with Gasteiger partial charge in [-0.25, -0.2) is 0 Å². The molecule has 5 nitrogen and oxygen atoms in total. The van der Waals surface area contributed by atoms with Crippen LogP contribution in [-0.4, -0.2) is 31.7 Å². The van der Waals surface area contributed by atoms with Gasteiger partial charge in [-0.05, 0) is 76.8 Å². The van der Waals surface area contributed by atoms with Crippen LogP contribution in [-0.2, 0) is 25.4 Å². The molecule has 2 aromatic carbocycles. The third-order valence-electron chi connectivity index (χ3n) is 5.51. The SMILES string of the molecule is CCOCOCc1cc(Oc2ccc(C)cc2)ccc1B1OC(C)(C)C(C)(C)O1. The lowest BCUT2D eigenvalue weighted by molar-refractivity contribution is -0.0570. The third-order valence-corrected chi connectivity index (χ3v) is 5.51. The van der Waals surface area contributed by atoms with Crippen molar-refractivity contribution in [3.05, 3.63) is 53.6 Å². The molecule has 0 aliphatic carbocycles. The number of rotatable bonds is 8. The highest BCUT2D eigenvalue weighted by molar-refractivity contribution is 6.62. The van der Waals surface area contributed by atoms with Crippen molar-refractivity contribution in [2.75, 3.05) is 13.4 Å². The predicted molar refractivity (Wildman–Crippen MR) is 115 cm³/mol. The molecule has 0 radical (unpaired) electrons. The molecule has 0 bridgehead atoms. The molecule has 2 aromatic rings. The Morgan fingerprint density at radius 2 is 1.48 bits per heavy atom. The highest BCUT2D eigenvalue weighted by Gasteiger charge is 2.52. The lowest BCUT2D eigenvalue weighted by Gasteiger charge is -2.32. The summed E-state index contributed by atoms with van der Waals surface area (Å²) < 4.78 is 29.5. The molecular weight excluding hydrogens is 367 g/mol. The quantitative estimate of drug-likeness (QED) is 0.370. The average molecular weight is 398 g/mol. The minimum absolute atomic E-state index is 0.238. The van der Waals surface area contributed by atoms with Crippen LogP contribution in [0, 0.1) is 6.92 Å². The van der Waals surface area contributed by atoms with Crippen LogP contribution >= 0.6 is 0 Å². The number of hydrogen-bond donors (Lipinski definition) is 0. The summed E-state index contributed by atoms with van der Waals surface area (Å²) in [4.78, 5) is 0. The van der Waals surface area contributed by atoms with Crippen molar-refractivity contribution in [1.82, 2.24) is 0 Å². The molecule has 1 saturated heterocycles. The summed E-state index contributed by atoms with van der Waals surface area (Å²) in [5.41, 5.74) is 2.28. The molecule has 6 heteroatoms. The van der Waals surface area contributed by atoms with Crippen LogP contribution in [0.4, 0.5) is 0 Å². The molecule has 1 aliphatic rings. The van der Waals surface area contributed by atoms with E-state index in [1.807, 2.05) is 77.1 Å². The van der Waals surface area contributed by atoms with Crippen molar-refractivity contribution in [3.63, 3.8) is 0 Å². The highest BCUT2D eigenvalue weighted by Crippen LogP contribution is 2.37. The van der Waals surface area contributed by atoms with Crippen molar-refractivity contribution in [1.29, 1.82) is 0 Å². The maximum absolute atomic E-state index is 6.24. The monoisotopic (exact) mass is 398 g/mol. The Kier molecular flexibility index (Phi) is 6.69. The van der Waals surface area contributed by atoms with Gasteiger partial charge in [0.25, 0.3) is 0 Å². The van der Waals surface area contributed by atoms with E-state index in [0.717, 1.165) is 22.5 Å². The number of aryl methyl sites for hydroxylation is 1. The zero-order valence-electron chi connectivity index (χ0n) is 18.3. The van der Waals surface area contributed by atoms with Crippen molar-refractivity contribution in [3.8, 4) is 11.5 Å². The molecule has 0 spiro atoms. The van der Waals surface area contributed by atoms with Crippen molar-refractivity contribution in [2.45, 2.75) is 59.4 Å². The minimum atomic E-state index is -0.459. The zero-order chi connectivity index (χ0) is 21.1. The smallest absolute Gasteiger partial charge is 0.457 e. The first-order valence-corrected chi connectivity index (χ1v) is 10.1. The molecule has 156 valence electrons. The lowest BCUT2D eigenvalue weighted by atomic mass is 9.76. The number of benzene rings is 2. The largest absolute Gasteiger partial charge is 0.495 e. The van der Waals surface area contributed by atoms with E-state index in [1.54, 1.807) is 0 Å². The number of ether oxygens (including phenoxy) is 3. The van der Waals surface area contributed by atoms with Crippen LogP contribution in [0.1, 0.15) is 45.7 Å². The molecule has 0 unspecified atom stereocenters. The summed E-state index contributed by atoms with van der Waals surface area (Å²) in [6.07, 6.45) is 0. The van der Waals surface area contributed by atoms with Gasteiger partial charge in [-0.3, -0.25) is 0 Å². The van der Waals surface area contributed by atoms with Gasteiger partial charge in [0.05, 0.1) is 17.8 Å². The number of hydrogen-bond acceptors (Lipinski definition) is 5. The second-order valence-electron chi connectivity index (χ2n) is 8.32. The zero-order valence-corrected chi connectivity index (χ0v) is 18.3. The van der Waals surface area contributed by atoms with E-state index in [1.165, 1.54) is 5.56 Å². The molecule has 0 atom stereocenters. The fourth-order valence-corrected chi connectivity index (χ4v) is 3.01. The molecule has 0 aromatic heterocycles. The van der Waals surface area contributed by atoms with E-state index in [4.69, 9.17) is 23.5 Å². The standard InChI is InChI=1S/C23H31BO5/c1-7-25-16-26-15-18-14-20(27-19-10-8-17(2)9-11-19)12-13-21(18)24-28-22(3,4)23(5,6)29-24/h8-14H,7,15-16H2,1-6H3. The average Bonchev–Trinajstić information content (AvgIpc) is 2.88. The molecule has 1 heterocycles. The summed E-state index contributed by atoms with van der Waals surface area (Å²) >= 11 is 0. The van der Waals surface area contributed by atoms with E-state index < -0.39 is 18.3 Å². The topological polar surface area (TPSA) is 46.2 Å². The normalized spacial score (nSPS) is 17.5. The van der Waals surface area contributed by atoms with E-state index in [2.05, 4.69) is 6.92 Å². The molecule has 1 aliphatic heterocycles. The second kappa shape index (κ2) is 8.88. The van der Waals surface area contributed by atoms with E-state index in [-0.39, 0.29) is 6.79 Å². The van der Waals surface area contributed by atoms with Gasteiger partial charge in [-0.2, -0.15) is 0 Å². The van der Waals surface area contributed by atoms with Gasteiger partial charge in [-0.15, -0.1) is 0 Å². The Morgan fingerprint density at radius 3 is 2.10 bits per heavy atom. The molecule has 0 N–H and O–H groups in total. The summed E-state index contributed by atoms with van der Waals surface area (Å²) in [7, 11) is -0.459. The van der Waals surface area contributed by atoms with E-state index in [0.29, 0.717) is 13.2 Å². The lowest BCUT2D eigenvalue weighted by Crippen LogP contribution is -2.41. The summed E-state index contributed by atoms with van der Waals surface area (Å²) in [5.74, 6) is 1.53. The Hall–Kier alpha value is -1.86. The maximum Gasteiger partial charge on any atom is 0.495 e. The fraction of sp³-hybridized carbons (Fsp3) is 0.478. The summed E-state index contributed by atoms with van der Waals surface area (Å²) in [6, 6.07) is 13.9. The maximum atomic E-state index is 6.24. The molecule has 0 saturated carbocycles. The second-order valence-corrected chi connectivity index (χ2v) is 8.32. The van der Waals surface area contributed by atoms with Gasteiger partial charge in [0.2, 0.25) is 0 Å². The van der Waals surface area contributed by atoms with Crippen LogP contribution in [0.15, 0.2) is 42.5 Å². The Bertz CT molecular complexity index is 801. The van der Waals surface area contributed by atoms with E-state index >= 15 is 0 Å². The first kappa shape index (κ1) is 21.8. The van der Waals surface area contributed by atoms with Crippen molar-refractivity contribution in [2.24, 2.45) is 0 Å². The van der Waals surface area contributed by atoms with Crippen LogP contribution in [0.2, 0.25) is 0 Å². The Morgan fingerprint density at radius 1 is 0.862 bits per heavy atom. The van der Waals surface area contributed by atoms with Crippen LogP contribution in [0.3, 0.4) is 0 Å². The van der Waals surface area contributed by atoms with Crippen molar-refractivity contribution >= 4 is 12.6 Å². The highest BCUT2D eigenvalue weighted by atomic mass is 16.7. The Labute approximate surface area is 174 Å². The first-order valence-electron chi connectivity index (χ1n) is 10.1. The molecule has 29 heavy (non-hydrogen) atoms. The van der Waals surface area contributed by atoms with Crippen LogP contribution in [0.5, 0.6) is 11.5 Å². The van der Waals surface area contributed by atoms with Gasteiger partial charge < -0.3 is 23.5 Å². The molecule has 0 amide bonds. The van der Waals surface area contributed by atoms with Gasteiger partial charge in [-0.1, -0.05) is 23.8 Å². The van der Waals surface area contributed by atoms with Crippen molar-refractivity contribution < 1.29 is 23.5 Å². The van der Waals surface area contributed by atoms with Gasteiger partial charge in [0.1, 0.15) is 18.3 Å². The first-order chi connectivity index (χ1) is 13.7. The fourth-order valence-electron chi connectivity index (χ4n) is 3.01. The van der Waals surface area contributed by atoms with E-state index in [9.17, 15) is 0 Å². The van der Waals surface area contributed by atoms with Gasteiger partial charge in [0.15, 0.2) is 0 Å². The van der Waals surface area contributed by atoms with Gasteiger partial charge in [0, 0.05) is 6.61 Å². The molecule has 1 fully saturated rings. The summed E-state index contributed by atoms with van der Waals surface area (Å²) in [5, 5.41) is 0. The summed E-state index contributed by atoms with van der Waals surface area (Å²) in [6.45, 7) is 13.4. The van der Waals surface area contributed by atoms with Gasteiger partial charge >= 0.3 is 7.12 Å². The third kappa shape index (κ3) is 5.20. The minimum Gasteiger partial charge on any atom is -0.457 e. The predicted octanol–water partition coefficient (Wildman–Crippen LogP) is 4.60.